The van der Waals surface area contributed by atoms with Crippen LogP contribution in [0.3, 0.4) is 0 Å². The maximum atomic E-state index is 12.3. The predicted octanol–water partition coefficient (Wildman–Crippen LogP) is 1.72. The molecule has 0 aliphatic carbocycles. The predicted molar refractivity (Wildman–Crippen MR) is 43.9 cm³/mol. The van der Waals surface area contributed by atoms with Gasteiger partial charge in [-0.25, -0.2) is 8.78 Å². The van der Waals surface area contributed by atoms with E-state index < -0.39 is 6.43 Å². The lowest BCUT2D eigenvalue weighted by Crippen LogP contribution is -2.15. The van der Waals surface area contributed by atoms with Gasteiger partial charge in [-0.2, -0.15) is 0 Å². The van der Waals surface area contributed by atoms with Crippen molar-refractivity contribution in [1.29, 1.82) is 0 Å². The van der Waals surface area contributed by atoms with Crippen LogP contribution in [-0.4, -0.2) is 11.0 Å². The van der Waals surface area contributed by atoms with E-state index in [0.29, 0.717) is 0 Å². The third-order valence-electron chi connectivity index (χ3n) is 1.58. The molecule has 5 heteroatoms. The molecule has 0 saturated carbocycles. The zero-order chi connectivity index (χ0) is 9.84. The van der Waals surface area contributed by atoms with Gasteiger partial charge in [-0.1, -0.05) is 29.4 Å². The van der Waals surface area contributed by atoms with Crippen LogP contribution in [0.2, 0.25) is 0 Å². The van der Waals surface area contributed by atoms with Crippen LogP contribution in [0.4, 0.5) is 8.78 Å². The Hall–Kier alpha value is -1.65. The van der Waals surface area contributed by atoms with E-state index in [4.69, 9.17) is 10.9 Å². The van der Waals surface area contributed by atoms with Gasteiger partial charge in [-0.15, -0.1) is 0 Å². The fraction of sp³-hybridized carbons (Fsp3) is 0.125. The summed E-state index contributed by atoms with van der Waals surface area (Å²) >= 11 is 0. The number of benzene rings is 1. The quantitative estimate of drug-likeness (QED) is 0.320. The Bertz CT molecular complexity index is 326. The number of hydrogen-bond donors (Lipinski definition) is 2. The fourth-order valence-corrected chi connectivity index (χ4v) is 0.974. The number of rotatable bonds is 2. The molecule has 0 radical (unpaired) electrons. The van der Waals surface area contributed by atoms with Gasteiger partial charge in [0.2, 0.25) is 0 Å². The monoisotopic (exact) mass is 186 g/mol. The zero-order valence-corrected chi connectivity index (χ0v) is 6.61. The standard InChI is InChI=1S/C8H8F2N2O/c9-7(10)5-3-1-2-4-6(5)8(11)12-13/h1-4,7,13H,(H2,11,12). The second kappa shape index (κ2) is 3.84. The minimum Gasteiger partial charge on any atom is -0.409 e. The van der Waals surface area contributed by atoms with E-state index in [-0.39, 0.29) is 17.0 Å². The normalized spacial score (nSPS) is 12.1. The van der Waals surface area contributed by atoms with E-state index in [9.17, 15) is 8.78 Å². The molecule has 0 heterocycles. The topological polar surface area (TPSA) is 58.6 Å². The molecule has 0 aliphatic rings. The van der Waals surface area contributed by atoms with Crippen LogP contribution in [-0.2, 0) is 0 Å². The molecule has 70 valence electrons. The lowest BCUT2D eigenvalue weighted by molar-refractivity contribution is 0.151. The van der Waals surface area contributed by atoms with Crippen molar-refractivity contribution >= 4 is 5.84 Å². The molecule has 3 nitrogen and oxygen atoms in total. The number of amidine groups is 1. The van der Waals surface area contributed by atoms with Crippen molar-refractivity contribution in [2.45, 2.75) is 6.43 Å². The molecule has 0 fully saturated rings. The summed E-state index contributed by atoms with van der Waals surface area (Å²) in [5.74, 6) is -0.309. The number of hydrogen-bond acceptors (Lipinski definition) is 2. The molecule has 1 aromatic carbocycles. The Morgan fingerprint density at radius 2 is 2.00 bits per heavy atom. The summed E-state index contributed by atoms with van der Waals surface area (Å²) in [4.78, 5) is 0. The van der Waals surface area contributed by atoms with Crippen molar-refractivity contribution in [1.82, 2.24) is 0 Å². The van der Waals surface area contributed by atoms with E-state index in [1.54, 1.807) is 6.07 Å². The molecule has 0 unspecified atom stereocenters. The molecule has 1 rings (SSSR count). The molecule has 0 spiro atoms. The third-order valence-corrected chi connectivity index (χ3v) is 1.58. The molecule has 0 amide bonds. The molecule has 0 aromatic heterocycles. The number of alkyl halides is 2. The first kappa shape index (κ1) is 9.44. The summed E-state index contributed by atoms with van der Waals surface area (Å²) in [6, 6.07) is 5.61. The molecule has 13 heavy (non-hydrogen) atoms. The van der Waals surface area contributed by atoms with Crippen molar-refractivity contribution < 1.29 is 14.0 Å². The first-order chi connectivity index (χ1) is 6.16. The fourth-order valence-electron chi connectivity index (χ4n) is 0.974. The van der Waals surface area contributed by atoms with Crippen molar-refractivity contribution in [3.05, 3.63) is 35.4 Å². The van der Waals surface area contributed by atoms with E-state index >= 15 is 0 Å². The smallest absolute Gasteiger partial charge is 0.264 e. The number of nitrogens with two attached hydrogens (primary N) is 1. The van der Waals surface area contributed by atoms with Crippen molar-refractivity contribution in [2.75, 3.05) is 0 Å². The lowest BCUT2D eigenvalue weighted by atomic mass is 10.1. The lowest BCUT2D eigenvalue weighted by Gasteiger charge is -2.05. The van der Waals surface area contributed by atoms with Crippen LogP contribution in [0, 0.1) is 0 Å². The van der Waals surface area contributed by atoms with Crippen LogP contribution in [0.5, 0.6) is 0 Å². The molecular formula is C8H8F2N2O. The highest BCUT2D eigenvalue weighted by atomic mass is 19.3. The average Bonchev–Trinajstić information content (AvgIpc) is 2.16. The highest BCUT2D eigenvalue weighted by Gasteiger charge is 2.14. The average molecular weight is 186 g/mol. The van der Waals surface area contributed by atoms with Gasteiger partial charge in [0.1, 0.15) is 0 Å². The Morgan fingerprint density at radius 1 is 1.38 bits per heavy atom. The summed E-state index contributed by atoms with van der Waals surface area (Å²) in [5, 5.41) is 11.0. The number of nitrogens with zero attached hydrogens (tertiary/aromatic N) is 1. The van der Waals surface area contributed by atoms with Crippen LogP contribution in [0.15, 0.2) is 29.4 Å². The first-order valence-corrected chi connectivity index (χ1v) is 3.51. The number of oxime groups is 1. The largest absolute Gasteiger partial charge is 0.409 e. The minimum atomic E-state index is -2.63. The highest BCUT2D eigenvalue weighted by Crippen LogP contribution is 2.22. The van der Waals surface area contributed by atoms with Gasteiger partial charge in [0.05, 0.1) is 0 Å². The molecule has 0 atom stereocenters. The van der Waals surface area contributed by atoms with Gasteiger partial charge >= 0.3 is 0 Å². The summed E-state index contributed by atoms with van der Waals surface area (Å²) in [6.45, 7) is 0. The summed E-state index contributed by atoms with van der Waals surface area (Å²) in [7, 11) is 0. The SMILES string of the molecule is N/C(=N/O)c1ccccc1C(F)F. The van der Waals surface area contributed by atoms with Gasteiger partial charge < -0.3 is 10.9 Å². The van der Waals surface area contributed by atoms with Gasteiger partial charge in [-0.05, 0) is 0 Å². The second-order valence-electron chi connectivity index (χ2n) is 2.37. The van der Waals surface area contributed by atoms with E-state index in [2.05, 4.69) is 5.16 Å². The Labute approximate surface area is 73.5 Å². The second-order valence-corrected chi connectivity index (χ2v) is 2.37. The maximum Gasteiger partial charge on any atom is 0.264 e. The van der Waals surface area contributed by atoms with Gasteiger partial charge in [0, 0.05) is 11.1 Å². The maximum absolute atomic E-state index is 12.3. The molecule has 0 aliphatic heterocycles. The van der Waals surface area contributed by atoms with Gasteiger partial charge in [0.25, 0.3) is 6.43 Å². The Morgan fingerprint density at radius 3 is 2.54 bits per heavy atom. The van der Waals surface area contributed by atoms with Crippen LogP contribution in [0.25, 0.3) is 0 Å². The third kappa shape index (κ3) is 1.93. The molecule has 0 saturated heterocycles. The summed E-state index contributed by atoms with van der Waals surface area (Å²) in [6.07, 6.45) is -2.63. The Balaban J connectivity index is 3.20. The molecule has 1 aromatic rings. The highest BCUT2D eigenvalue weighted by molar-refractivity contribution is 5.98. The van der Waals surface area contributed by atoms with Crippen molar-refractivity contribution in [3.63, 3.8) is 0 Å². The van der Waals surface area contributed by atoms with Crippen LogP contribution in [0.1, 0.15) is 17.6 Å². The number of halogens is 2. The minimum absolute atomic E-state index is 0.0556. The molecule has 3 N–H and O–H groups in total. The molecule has 0 bridgehead atoms. The van der Waals surface area contributed by atoms with Crippen molar-refractivity contribution in [3.8, 4) is 0 Å². The first-order valence-electron chi connectivity index (χ1n) is 3.51. The van der Waals surface area contributed by atoms with E-state index in [1.807, 2.05) is 0 Å². The Kier molecular flexibility index (Phi) is 2.79. The summed E-state index contributed by atoms with van der Waals surface area (Å²) in [5.41, 5.74) is 5.02. The van der Waals surface area contributed by atoms with Crippen LogP contribution >= 0.6 is 0 Å². The van der Waals surface area contributed by atoms with E-state index in [0.717, 1.165) is 0 Å². The van der Waals surface area contributed by atoms with Gasteiger partial charge in [0.15, 0.2) is 5.84 Å². The van der Waals surface area contributed by atoms with Crippen LogP contribution < -0.4 is 5.73 Å². The summed E-state index contributed by atoms with van der Waals surface area (Å²) < 4.78 is 24.7. The van der Waals surface area contributed by atoms with E-state index in [1.165, 1.54) is 18.2 Å². The van der Waals surface area contributed by atoms with Gasteiger partial charge in [-0.3, -0.25) is 0 Å². The molecular weight excluding hydrogens is 178 g/mol. The zero-order valence-electron chi connectivity index (χ0n) is 6.61. The van der Waals surface area contributed by atoms with Crippen molar-refractivity contribution in [2.24, 2.45) is 10.9 Å².